The first kappa shape index (κ1) is 14.7. The van der Waals surface area contributed by atoms with E-state index in [4.69, 9.17) is 5.73 Å². The zero-order valence-electron chi connectivity index (χ0n) is 11.3. The molecule has 1 rings (SSSR count). The van der Waals surface area contributed by atoms with E-state index in [2.05, 4.69) is 53.4 Å². The van der Waals surface area contributed by atoms with E-state index in [1.54, 1.807) is 0 Å². The van der Waals surface area contributed by atoms with E-state index in [0.29, 0.717) is 5.92 Å². The van der Waals surface area contributed by atoms with Crippen LogP contribution in [0, 0.1) is 5.92 Å². The van der Waals surface area contributed by atoms with E-state index in [-0.39, 0.29) is 6.04 Å². The molecule has 4 heteroatoms. The molecule has 98 valence electrons. The largest absolute Gasteiger partial charge is 0.328 e. The Kier molecular flexibility index (Phi) is 5.67. The molecule has 1 heterocycles. The molecule has 2 N–H and O–H groups in total. The summed E-state index contributed by atoms with van der Waals surface area (Å²) in [5, 5.41) is 4.62. The first-order valence-corrected chi connectivity index (χ1v) is 7.28. The maximum absolute atomic E-state index is 5.85. The molecule has 0 spiro atoms. The van der Waals surface area contributed by atoms with Crippen LogP contribution in [0.1, 0.15) is 45.5 Å². The number of halogens is 1. The molecule has 0 aromatic carbocycles. The molecular weight excluding hydrogens is 278 g/mol. The Bertz CT molecular complexity index is 358. The van der Waals surface area contributed by atoms with Gasteiger partial charge in [0.25, 0.3) is 0 Å². The highest BCUT2D eigenvalue weighted by atomic mass is 79.9. The number of nitrogens with two attached hydrogens (primary N) is 1. The standard InChI is InChI=1S/C13H24BrN3/c1-5-11-13(14)12(17(6-2)16-11)8-9(3)7-10(4)15/h9-10H,5-8,15H2,1-4H3. The smallest absolute Gasteiger partial charge is 0.0766 e. The average Bonchev–Trinajstić information content (AvgIpc) is 2.55. The Morgan fingerprint density at radius 2 is 2.00 bits per heavy atom. The van der Waals surface area contributed by atoms with Crippen LogP contribution in [0.2, 0.25) is 0 Å². The summed E-state index contributed by atoms with van der Waals surface area (Å²) in [6, 6.07) is 0.271. The molecule has 17 heavy (non-hydrogen) atoms. The lowest BCUT2D eigenvalue weighted by molar-refractivity contribution is 0.460. The lowest BCUT2D eigenvalue weighted by atomic mass is 9.98. The lowest BCUT2D eigenvalue weighted by Gasteiger charge is -2.15. The zero-order chi connectivity index (χ0) is 13.0. The monoisotopic (exact) mass is 301 g/mol. The van der Waals surface area contributed by atoms with Crippen molar-refractivity contribution in [1.29, 1.82) is 0 Å². The molecule has 0 saturated heterocycles. The van der Waals surface area contributed by atoms with Crippen LogP contribution in [0.15, 0.2) is 4.47 Å². The van der Waals surface area contributed by atoms with Crippen LogP contribution >= 0.6 is 15.9 Å². The van der Waals surface area contributed by atoms with Crippen LogP contribution in [-0.4, -0.2) is 15.8 Å². The Balaban J connectivity index is 2.85. The number of rotatable bonds is 6. The highest BCUT2D eigenvalue weighted by Gasteiger charge is 2.16. The van der Waals surface area contributed by atoms with Gasteiger partial charge in [-0.05, 0) is 55.0 Å². The van der Waals surface area contributed by atoms with Gasteiger partial charge in [0.2, 0.25) is 0 Å². The first-order chi connectivity index (χ1) is 7.99. The van der Waals surface area contributed by atoms with E-state index in [0.717, 1.165) is 31.5 Å². The van der Waals surface area contributed by atoms with Gasteiger partial charge in [0, 0.05) is 12.6 Å². The van der Waals surface area contributed by atoms with Gasteiger partial charge in [-0.1, -0.05) is 13.8 Å². The number of aryl methyl sites for hydroxylation is 2. The summed E-state index contributed by atoms with van der Waals surface area (Å²) in [5.41, 5.74) is 8.33. The molecule has 0 aliphatic carbocycles. The summed E-state index contributed by atoms with van der Waals surface area (Å²) < 4.78 is 3.30. The number of nitrogens with zero attached hydrogens (tertiary/aromatic N) is 2. The SMILES string of the molecule is CCc1nn(CC)c(CC(C)CC(C)N)c1Br. The summed E-state index contributed by atoms with van der Waals surface area (Å²) in [5.74, 6) is 0.595. The minimum absolute atomic E-state index is 0.271. The normalized spacial score (nSPS) is 14.9. The molecule has 0 saturated carbocycles. The lowest BCUT2D eigenvalue weighted by Crippen LogP contribution is -2.20. The minimum Gasteiger partial charge on any atom is -0.328 e. The van der Waals surface area contributed by atoms with Gasteiger partial charge >= 0.3 is 0 Å². The van der Waals surface area contributed by atoms with Gasteiger partial charge < -0.3 is 5.73 Å². The maximum Gasteiger partial charge on any atom is 0.0766 e. The second-order valence-electron chi connectivity index (χ2n) is 4.90. The first-order valence-electron chi connectivity index (χ1n) is 6.49. The van der Waals surface area contributed by atoms with Gasteiger partial charge in [-0.25, -0.2) is 0 Å². The summed E-state index contributed by atoms with van der Waals surface area (Å²) in [6.07, 6.45) is 3.08. The van der Waals surface area contributed by atoms with E-state index in [9.17, 15) is 0 Å². The van der Waals surface area contributed by atoms with Crippen molar-refractivity contribution in [2.24, 2.45) is 11.7 Å². The van der Waals surface area contributed by atoms with E-state index in [1.807, 2.05) is 0 Å². The van der Waals surface area contributed by atoms with Crippen molar-refractivity contribution in [1.82, 2.24) is 9.78 Å². The van der Waals surface area contributed by atoms with Crippen molar-refractivity contribution in [3.8, 4) is 0 Å². The molecule has 0 fully saturated rings. The van der Waals surface area contributed by atoms with Crippen molar-refractivity contribution in [2.75, 3.05) is 0 Å². The number of hydrogen-bond acceptors (Lipinski definition) is 2. The molecule has 0 aliphatic rings. The van der Waals surface area contributed by atoms with Crippen molar-refractivity contribution in [3.05, 3.63) is 15.9 Å². The minimum atomic E-state index is 0.271. The summed E-state index contributed by atoms with van der Waals surface area (Å²) >= 11 is 3.68. The van der Waals surface area contributed by atoms with Crippen molar-refractivity contribution >= 4 is 15.9 Å². The molecule has 0 amide bonds. The molecular formula is C13H24BrN3. The third-order valence-electron chi connectivity index (χ3n) is 3.01. The predicted octanol–water partition coefficient (Wildman–Crippen LogP) is 3.14. The van der Waals surface area contributed by atoms with E-state index < -0.39 is 0 Å². The Labute approximate surface area is 113 Å². The zero-order valence-corrected chi connectivity index (χ0v) is 12.9. The van der Waals surface area contributed by atoms with E-state index >= 15 is 0 Å². The molecule has 0 bridgehead atoms. The van der Waals surface area contributed by atoms with Gasteiger partial charge in [-0.15, -0.1) is 0 Å². The Morgan fingerprint density at radius 1 is 1.35 bits per heavy atom. The fraction of sp³-hybridized carbons (Fsp3) is 0.769. The van der Waals surface area contributed by atoms with Crippen molar-refractivity contribution < 1.29 is 0 Å². The molecule has 2 atom stereocenters. The van der Waals surface area contributed by atoms with Crippen molar-refractivity contribution in [2.45, 2.75) is 59.5 Å². The van der Waals surface area contributed by atoms with Gasteiger partial charge in [0.05, 0.1) is 15.9 Å². The second-order valence-corrected chi connectivity index (χ2v) is 5.69. The maximum atomic E-state index is 5.85. The third kappa shape index (κ3) is 3.81. The average molecular weight is 302 g/mol. The molecule has 0 aliphatic heterocycles. The molecule has 1 aromatic rings. The highest BCUT2D eigenvalue weighted by Crippen LogP contribution is 2.25. The Morgan fingerprint density at radius 3 is 2.47 bits per heavy atom. The molecule has 0 radical (unpaired) electrons. The Hall–Kier alpha value is -0.350. The van der Waals surface area contributed by atoms with E-state index in [1.165, 1.54) is 10.2 Å². The highest BCUT2D eigenvalue weighted by molar-refractivity contribution is 9.10. The molecule has 1 aromatic heterocycles. The molecule has 2 unspecified atom stereocenters. The quantitative estimate of drug-likeness (QED) is 0.877. The number of hydrogen-bond donors (Lipinski definition) is 1. The van der Waals surface area contributed by atoms with Gasteiger partial charge in [-0.3, -0.25) is 4.68 Å². The third-order valence-corrected chi connectivity index (χ3v) is 3.93. The fourth-order valence-electron chi connectivity index (χ4n) is 2.26. The van der Waals surface area contributed by atoms with Crippen LogP contribution in [-0.2, 0) is 19.4 Å². The van der Waals surface area contributed by atoms with Crippen LogP contribution in [0.3, 0.4) is 0 Å². The molecule has 3 nitrogen and oxygen atoms in total. The van der Waals surface area contributed by atoms with Crippen LogP contribution in [0.4, 0.5) is 0 Å². The van der Waals surface area contributed by atoms with Gasteiger partial charge in [0.15, 0.2) is 0 Å². The fourth-order valence-corrected chi connectivity index (χ4v) is 2.99. The van der Waals surface area contributed by atoms with Gasteiger partial charge in [0.1, 0.15) is 0 Å². The van der Waals surface area contributed by atoms with Gasteiger partial charge in [-0.2, -0.15) is 5.10 Å². The summed E-state index contributed by atoms with van der Waals surface area (Å²) in [7, 11) is 0. The number of aromatic nitrogens is 2. The predicted molar refractivity (Wildman–Crippen MR) is 76.1 cm³/mol. The van der Waals surface area contributed by atoms with Crippen LogP contribution in [0.5, 0.6) is 0 Å². The van der Waals surface area contributed by atoms with Crippen molar-refractivity contribution in [3.63, 3.8) is 0 Å². The topological polar surface area (TPSA) is 43.8 Å². The second kappa shape index (κ2) is 6.55. The summed E-state index contributed by atoms with van der Waals surface area (Å²) in [6.45, 7) is 9.54. The van der Waals surface area contributed by atoms with Crippen LogP contribution < -0.4 is 5.73 Å². The summed E-state index contributed by atoms with van der Waals surface area (Å²) in [4.78, 5) is 0. The van der Waals surface area contributed by atoms with Crippen LogP contribution in [0.25, 0.3) is 0 Å².